The van der Waals surface area contributed by atoms with Crippen LogP contribution in [0.2, 0.25) is 0 Å². The summed E-state index contributed by atoms with van der Waals surface area (Å²) in [5, 5.41) is 22.3. The number of carbonyl (C=O) groups is 4. The van der Waals surface area contributed by atoms with Crippen molar-refractivity contribution >= 4 is 66.3 Å². The molecule has 9 nitrogen and oxygen atoms in total. The van der Waals surface area contributed by atoms with E-state index in [0.29, 0.717) is 35.5 Å². The number of thiophene rings is 2. The van der Waals surface area contributed by atoms with E-state index in [1.807, 2.05) is 67.4 Å². The number of dihydropyridines is 2. The van der Waals surface area contributed by atoms with E-state index in [0.717, 1.165) is 56.8 Å². The highest BCUT2D eigenvalue weighted by Gasteiger charge is 2.39. The smallest absolute Gasteiger partial charge is 0.334 e. The lowest BCUT2D eigenvalue weighted by Crippen LogP contribution is -2.49. The van der Waals surface area contributed by atoms with Crippen LogP contribution in [0.5, 0.6) is 0 Å². The quantitative estimate of drug-likeness (QED) is 0.189. The normalized spacial score (nSPS) is 19.8. The van der Waals surface area contributed by atoms with E-state index >= 15 is 0 Å². The number of fused-ring (bicyclic) bond motifs is 2. The summed E-state index contributed by atoms with van der Waals surface area (Å²) in [5.41, 5.74) is 7.08. The summed E-state index contributed by atoms with van der Waals surface area (Å²) in [6, 6.07) is 16.1. The highest BCUT2D eigenvalue weighted by Crippen LogP contribution is 2.45. The van der Waals surface area contributed by atoms with Gasteiger partial charge >= 0.3 is 5.97 Å². The fourth-order valence-electron chi connectivity index (χ4n) is 7.73. The van der Waals surface area contributed by atoms with Crippen molar-refractivity contribution in [2.24, 2.45) is 0 Å². The van der Waals surface area contributed by atoms with Crippen LogP contribution >= 0.6 is 22.7 Å². The van der Waals surface area contributed by atoms with Crippen molar-refractivity contribution in [1.29, 1.82) is 0 Å². The van der Waals surface area contributed by atoms with Crippen molar-refractivity contribution in [3.05, 3.63) is 115 Å². The summed E-state index contributed by atoms with van der Waals surface area (Å²) in [6.45, 7) is 13.7. The Balaban J connectivity index is 0.000000183. The number of carbonyl (C=O) groups excluding carboxylic acids is 3. The Morgan fingerprint density at radius 2 is 1.04 bits per heavy atom. The first-order chi connectivity index (χ1) is 24.8. The molecule has 0 saturated carbocycles. The molecule has 0 spiro atoms. The number of benzene rings is 2. The molecule has 0 aliphatic carbocycles. The monoisotopic (exact) mass is 736 g/mol. The molecule has 2 aromatic heterocycles. The standard InChI is InChI=1S/C23H27N3O2S.C18H17NO3S/c1-14-20(16(3)27)22(18-13-29-19-8-6-5-7-17(18)19)21(15(2)24-14)23(28)26-11-9-25(4)10-12-26;1-9-15(11(3)20)17(16(18(21)22)10(2)19-9)13-8-23-14-7-5-4-6-12(13)14/h5-8,13,22,24H,9-12H2,1-4H3;4-8,17,19H,1-3H3,(H,21,22). The Hall–Kier alpha value is -4.84. The molecule has 2 unspecified atom stereocenters. The summed E-state index contributed by atoms with van der Waals surface area (Å²) in [6.07, 6.45) is 0. The van der Waals surface area contributed by atoms with Crippen molar-refractivity contribution < 1.29 is 24.3 Å². The predicted octanol–water partition coefficient (Wildman–Crippen LogP) is 7.31. The summed E-state index contributed by atoms with van der Waals surface area (Å²) in [5.74, 6) is -1.94. The van der Waals surface area contributed by atoms with Crippen LogP contribution in [0, 0.1) is 0 Å². The molecular formula is C41H44N4O5S2. The summed E-state index contributed by atoms with van der Waals surface area (Å²) >= 11 is 3.23. The lowest BCUT2D eigenvalue weighted by molar-refractivity contribution is -0.133. The second-order valence-corrected chi connectivity index (χ2v) is 15.5. The number of piperazine rings is 1. The highest BCUT2D eigenvalue weighted by atomic mass is 32.1. The van der Waals surface area contributed by atoms with Crippen LogP contribution in [-0.2, 0) is 19.2 Å². The van der Waals surface area contributed by atoms with Crippen LogP contribution in [0.4, 0.5) is 0 Å². The van der Waals surface area contributed by atoms with Crippen LogP contribution in [0.25, 0.3) is 20.2 Å². The fourth-order valence-corrected chi connectivity index (χ4v) is 9.71. The van der Waals surface area contributed by atoms with Gasteiger partial charge in [-0.3, -0.25) is 14.4 Å². The Morgan fingerprint density at radius 3 is 1.48 bits per heavy atom. The van der Waals surface area contributed by atoms with Crippen molar-refractivity contribution in [3.8, 4) is 0 Å². The summed E-state index contributed by atoms with van der Waals surface area (Å²) in [4.78, 5) is 54.6. The molecule has 1 saturated heterocycles. The van der Waals surface area contributed by atoms with E-state index in [4.69, 9.17) is 0 Å². The number of rotatable bonds is 6. The van der Waals surface area contributed by atoms with Gasteiger partial charge in [0.1, 0.15) is 0 Å². The Kier molecular flexibility index (Phi) is 10.7. The predicted molar refractivity (Wildman–Crippen MR) is 209 cm³/mol. The van der Waals surface area contributed by atoms with E-state index in [-0.39, 0.29) is 29.0 Å². The molecule has 52 heavy (non-hydrogen) atoms. The van der Waals surface area contributed by atoms with Gasteiger partial charge in [-0.25, -0.2) is 4.79 Å². The number of hydrogen-bond donors (Lipinski definition) is 3. The number of nitrogens with zero attached hydrogens (tertiary/aromatic N) is 2. The SMILES string of the molecule is CC(=O)C1=C(C)NC(C)=C(C(=O)N2CCN(C)CC2)C1c1csc2ccccc12.CC(=O)C1=C(C)NC(C)=C(C(=O)O)C1c1csc2ccccc12. The Labute approximate surface area is 312 Å². The van der Waals surface area contributed by atoms with Gasteiger partial charge in [0.2, 0.25) is 0 Å². The van der Waals surface area contributed by atoms with Gasteiger partial charge in [-0.05, 0) is 93.4 Å². The summed E-state index contributed by atoms with van der Waals surface area (Å²) < 4.78 is 2.26. The molecular weight excluding hydrogens is 693 g/mol. The molecule has 3 aliphatic rings. The molecule has 4 aromatic rings. The van der Waals surface area contributed by atoms with E-state index < -0.39 is 11.9 Å². The maximum Gasteiger partial charge on any atom is 0.334 e. The van der Waals surface area contributed by atoms with Crippen LogP contribution in [0.15, 0.2) is 104 Å². The molecule has 1 amide bonds. The summed E-state index contributed by atoms with van der Waals surface area (Å²) in [7, 11) is 2.08. The van der Waals surface area contributed by atoms with Crippen molar-refractivity contribution in [2.45, 2.75) is 53.4 Å². The lowest BCUT2D eigenvalue weighted by Gasteiger charge is -2.37. The zero-order valence-corrected chi connectivity index (χ0v) is 32.2. The maximum atomic E-state index is 13.7. The van der Waals surface area contributed by atoms with Crippen LogP contribution in [0.3, 0.4) is 0 Å². The average molecular weight is 737 g/mol. The minimum absolute atomic E-state index is 0.00598. The van der Waals surface area contributed by atoms with Gasteiger partial charge in [0.05, 0.1) is 5.57 Å². The van der Waals surface area contributed by atoms with Gasteiger partial charge in [-0.2, -0.15) is 0 Å². The van der Waals surface area contributed by atoms with Gasteiger partial charge in [0.25, 0.3) is 5.91 Å². The van der Waals surface area contributed by atoms with Crippen molar-refractivity contribution in [3.63, 3.8) is 0 Å². The number of ketones is 2. The number of nitrogens with one attached hydrogen (secondary N) is 2. The average Bonchev–Trinajstić information content (AvgIpc) is 3.72. The first-order valence-corrected chi connectivity index (χ1v) is 19.1. The molecule has 2 atom stereocenters. The maximum absolute atomic E-state index is 13.7. The van der Waals surface area contributed by atoms with E-state index in [1.54, 1.807) is 36.5 Å². The van der Waals surface area contributed by atoms with Crippen molar-refractivity contribution in [2.75, 3.05) is 33.2 Å². The first kappa shape index (κ1) is 36.9. The minimum atomic E-state index is -0.999. The molecule has 1 fully saturated rings. The first-order valence-electron chi connectivity index (χ1n) is 17.3. The molecule has 2 aromatic carbocycles. The van der Waals surface area contributed by atoms with Gasteiger partial charge in [-0.1, -0.05) is 36.4 Å². The number of allylic oxidation sites excluding steroid dienone is 6. The molecule has 270 valence electrons. The van der Waals surface area contributed by atoms with Crippen LogP contribution in [-0.4, -0.2) is 71.6 Å². The van der Waals surface area contributed by atoms with E-state index in [1.165, 1.54) is 11.6 Å². The third-order valence-corrected chi connectivity index (χ3v) is 12.1. The van der Waals surface area contributed by atoms with Gasteiger partial charge in [0.15, 0.2) is 11.6 Å². The van der Waals surface area contributed by atoms with E-state index in [9.17, 15) is 24.3 Å². The number of Topliss-reactive ketones (excluding diaryl/α,β-unsaturated/α-hetero) is 2. The van der Waals surface area contributed by atoms with Crippen LogP contribution < -0.4 is 10.6 Å². The third-order valence-electron chi connectivity index (χ3n) is 10.2. The molecule has 7 rings (SSSR count). The zero-order chi connectivity index (χ0) is 37.4. The fraction of sp³-hybridized carbons (Fsp3) is 0.317. The Morgan fingerprint density at radius 1 is 0.635 bits per heavy atom. The van der Waals surface area contributed by atoms with Gasteiger partial charge in [-0.15, -0.1) is 22.7 Å². The largest absolute Gasteiger partial charge is 0.478 e. The van der Waals surface area contributed by atoms with Gasteiger partial charge < -0.3 is 25.5 Å². The van der Waals surface area contributed by atoms with Gasteiger partial charge in [0, 0.05) is 86.9 Å². The Bertz CT molecular complexity index is 2210. The molecule has 3 aliphatic heterocycles. The molecule has 5 heterocycles. The lowest BCUT2D eigenvalue weighted by atomic mass is 9.78. The zero-order valence-electron chi connectivity index (χ0n) is 30.5. The third kappa shape index (κ3) is 6.88. The van der Waals surface area contributed by atoms with E-state index in [2.05, 4.69) is 40.1 Å². The second-order valence-electron chi connectivity index (χ2n) is 13.7. The molecule has 0 bridgehead atoms. The molecule has 11 heteroatoms. The number of aliphatic carboxylic acids is 1. The van der Waals surface area contributed by atoms with Crippen molar-refractivity contribution in [1.82, 2.24) is 20.4 Å². The number of carboxylic acid groups (broad SMARTS) is 1. The number of carboxylic acids is 1. The topological polar surface area (TPSA) is 119 Å². The second kappa shape index (κ2) is 15.0. The molecule has 3 N–H and O–H groups in total. The number of likely N-dealkylation sites (N-methyl/N-ethyl adjacent to an activating group) is 1. The molecule has 0 radical (unpaired) electrons. The number of amides is 1. The minimum Gasteiger partial charge on any atom is -0.478 e. The van der Waals surface area contributed by atoms with Crippen LogP contribution in [0.1, 0.15) is 64.5 Å². The highest BCUT2D eigenvalue weighted by molar-refractivity contribution is 7.17. The number of hydrogen-bond acceptors (Lipinski definition) is 9.